The molecule has 0 fully saturated rings. The van der Waals surface area contributed by atoms with Crippen LogP contribution >= 0.6 is 0 Å². The number of benzene rings is 1. The number of hydrogen-bond acceptors (Lipinski definition) is 4. The Balaban J connectivity index is 2.26. The van der Waals surface area contributed by atoms with Crippen LogP contribution in [0.5, 0.6) is 0 Å². The van der Waals surface area contributed by atoms with Gasteiger partial charge in [0.2, 0.25) is 0 Å². The minimum Gasteiger partial charge on any atom is -0.396 e. The third-order valence-corrected chi connectivity index (χ3v) is 2.86. The molecule has 2 aromatic rings. The van der Waals surface area contributed by atoms with Crippen LogP contribution in [-0.4, -0.2) is 20.2 Å². The molecule has 0 atom stereocenters. The molecular weight excluding hydrogens is 245 g/mol. The molecule has 2 rings (SSSR count). The second-order valence-electron chi connectivity index (χ2n) is 5.77. The lowest BCUT2D eigenvalue weighted by Crippen LogP contribution is -2.12. The Morgan fingerprint density at radius 2 is 2.05 bits per heavy atom. The summed E-state index contributed by atoms with van der Waals surface area (Å²) in [6, 6.07) is 4.51. The molecule has 5 nitrogen and oxygen atoms in total. The van der Waals surface area contributed by atoms with Crippen molar-refractivity contribution in [2.24, 2.45) is 5.41 Å². The molecule has 0 amide bonds. The smallest absolute Gasteiger partial charge is 0.182 e. The van der Waals surface area contributed by atoms with Crippen LogP contribution in [0.2, 0.25) is 0 Å². The lowest BCUT2D eigenvalue weighted by molar-refractivity contribution is 0.340. The fraction of sp³-hybridized carbons (Fsp3) is 0.462. The van der Waals surface area contributed by atoms with Crippen molar-refractivity contribution in [1.29, 1.82) is 0 Å². The van der Waals surface area contributed by atoms with E-state index in [-0.39, 0.29) is 11.1 Å². The third-order valence-electron chi connectivity index (χ3n) is 2.86. The Morgan fingerprint density at radius 1 is 1.32 bits per heavy atom. The van der Waals surface area contributed by atoms with E-state index in [9.17, 15) is 4.39 Å². The van der Waals surface area contributed by atoms with E-state index in [1.165, 1.54) is 6.07 Å². The number of halogens is 1. The third kappa shape index (κ3) is 3.27. The van der Waals surface area contributed by atoms with E-state index in [0.717, 1.165) is 12.0 Å². The van der Waals surface area contributed by atoms with Gasteiger partial charge in [-0.2, -0.15) is 0 Å². The second-order valence-corrected chi connectivity index (χ2v) is 5.77. The van der Waals surface area contributed by atoms with E-state index in [4.69, 9.17) is 5.73 Å². The van der Waals surface area contributed by atoms with Crippen molar-refractivity contribution < 1.29 is 4.39 Å². The summed E-state index contributed by atoms with van der Waals surface area (Å²) >= 11 is 0. The van der Waals surface area contributed by atoms with Crippen LogP contribution in [0.15, 0.2) is 18.2 Å². The molecule has 0 spiro atoms. The van der Waals surface area contributed by atoms with Crippen LogP contribution in [0.4, 0.5) is 10.1 Å². The molecule has 0 aliphatic rings. The Morgan fingerprint density at radius 3 is 2.68 bits per heavy atom. The lowest BCUT2D eigenvalue weighted by atomic mass is 9.92. The second kappa shape index (κ2) is 4.95. The van der Waals surface area contributed by atoms with Crippen LogP contribution in [0, 0.1) is 11.2 Å². The van der Waals surface area contributed by atoms with Crippen LogP contribution < -0.4 is 5.73 Å². The first-order valence-electron chi connectivity index (χ1n) is 6.18. The highest BCUT2D eigenvalue weighted by Gasteiger charge is 2.14. The first-order chi connectivity index (χ1) is 8.87. The van der Waals surface area contributed by atoms with Crippen molar-refractivity contribution in [3.63, 3.8) is 0 Å². The number of nitrogens with two attached hydrogens (primary N) is 1. The average molecular weight is 263 g/mol. The summed E-state index contributed by atoms with van der Waals surface area (Å²) in [5.41, 5.74) is 6.59. The predicted octanol–water partition coefficient (Wildman–Crippen LogP) is 2.50. The molecule has 1 aromatic carbocycles. The van der Waals surface area contributed by atoms with Gasteiger partial charge in [-0.1, -0.05) is 20.8 Å². The maximum Gasteiger partial charge on any atom is 0.182 e. The summed E-state index contributed by atoms with van der Waals surface area (Å²) in [5.74, 6) is 0.174. The van der Waals surface area contributed by atoms with Gasteiger partial charge >= 0.3 is 0 Å². The van der Waals surface area contributed by atoms with E-state index >= 15 is 0 Å². The molecular formula is C13H18FN5. The van der Waals surface area contributed by atoms with Crippen molar-refractivity contribution in [2.45, 2.75) is 33.7 Å². The topological polar surface area (TPSA) is 69.6 Å². The van der Waals surface area contributed by atoms with E-state index in [2.05, 4.69) is 36.3 Å². The minimum atomic E-state index is -0.433. The number of aromatic nitrogens is 4. The zero-order valence-corrected chi connectivity index (χ0v) is 11.4. The molecule has 2 N–H and O–H groups in total. The molecule has 19 heavy (non-hydrogen) atoms. The van der Waals surface area contributed by atoms with Crippen LogP contribution in [0.3, 0.4) is 0 Å². The average Bonchev–Trinajstić information content (AvgIpc) is 2.77. The Kier molecular flexibility index (Phi) is 3.50. The molecule has 0 saturated heterocycles. The standard InChI is InChI=1S/C13H18FN5/c1-13(2,3)6-7-19-12(16-17-18-19)9-4-5-10(14)11(15)8-9/h4-5,8H,6-7,15H2,1-3H3. The lowest BCUT2D eigenvalue weighted by Gasteiger charge is -2.17. The van der Waals surface area contributed by atoms with Gasteiger partial charge in [0, 0.05) is 12.1 Å². The van der Waals surface area contributed by atoms with Crippen molar-refractivity contribution in [3.8, 4) is 11.4 Å². The fourth-order valence-corrected chi connectivity index (χ4v) is 1.69. The highest BCUT2D eigenvalue weighted by Crippen LogP contribution is 2.23. The van der Waals surface area contributed by atoms with Gasteiger partial charge in [0.1, 0.15) is 5.82 Å². The molecule has 0 saturated carbocycles. The van der Waals surface area contributed by atoms with Gasteiger partial charge in [0.25, 0.3) is 0 Å². The highest BCUT2D eigenvalue weighted by atomic mass is 19.1. The molecule has 1 heterocycles. The quantitative estimate of drug-likeness (QED) is 0.864. The minimum absolute atomic E-state index is 0.0999. The van der Waals surface area contributed by atoms with Crippen molar-refractivity contribution in [3.05, 3.63) is 24.0 Å². The van der Waals surface area contributed by atoms with Crippen LogP contribution in [0.25, 0.3) is 11.4 Å². The van der Waals surface area contributed by atoms with Crippen molar-refractivity contribution in [1.82, 2.24) is 20.2 Å². The summed E-state index contributed by atoms with van der Waals surface area (Å²) in [4.78, 5) is 0. The largest absolute Gasteiger partial charge is 0.396 e. The summed E-state index contributed by atoms with van der Waals surface area (Å²) in [6.07, 6.45) is 0.946. The van der Waals surface area contributed by atoms with Crippen molar-refractivity contribution >= 4 is 5.69 Å². The van der Waals surface area contributed by atoms with Crippen LogP contribution in [-0.2, 0) is 6.54 Å². The first kappa shape index (κ1) is 13.5. The van der Waals surface area contributed by atoms with E-state index in [1.807, 2.05) is 0 Å². The molecule has 0 aliphatic carbocycles. The molecule has 0 bridgehead atoms. The SMILES string of the molecule is CC(C)(C)CCn1nnnc1-c1ccc(F)c(N)c1. The van der Waals surface area contributed by atoms with E-state index in [1.54, 1.807) is 16.8 Å². The summed E-state index contributed by atoms with van der Waals surface area (Å²) in [6.45, 7) is 7.19. The maximum absolute atomic E-state index is 13.2. The predicted molar refractivity (Wildman–Crippen MR) is 71.7 cm³/mol. The fourth-order valence-electron chi connectivity index (χ4n) is 1.69. The van der Waals surface area contributed by atoms with Gasteiger partial charge in [0.05, 0.1) is 5.69 Å². The van der Waals surface area contributed by atoms with Gasteiger partial charge < -0.3 is 5.73 Å². The van der Waals surface area contributed by atoms with E-state index < -0.39 is 5.82 Å². The first-order valence-corrected chi connectivity index (χ1v) is 6.18. The zero-order chi connectivity index (χ0) is 14.0. The van der Waals surface area contributed by atoms with Gasteiger partial charge in [-0.15, -0.1) is 5.10 Å². The highest BCUT2D eigenvalue weighted by molar-refractivity contribution is 5.61. The molecule has 0 radical (unpaired) electrons. The number of hydrogen-bond donors (Lipinski definition) is 1. The Hall–Kier alpha value is -1.98. The number of tetrazole rings is 1. The zero-order valence-electron chi connectivity index (χ0n) is 11.4. The molecule has 0 aliphatic heterocycles. The van der Waals surface area contributed by atoms with Gasteiger partial charge in [0.15, 0.2) is 5.82 Å². The number of nitrogen functional groups attached to an aromatic ring is 1. The Labute approximate surface area is 111 Å². The number of aryl methyl sites for hydroxylation is 1. The number of rotatable bonds is 3. The summed E-state index contributed by atoms with van der Waals surface area (Å²) in [5, 5.41) is 11.6. The van der Waals surface area contributed by atoms with Gasteiger partial charge in [-0.3, -0.25) is 0 Å². The van der Waals surface area contributed by atoms with Gasteiger partial charge in [-0.05, 0) is 40.5 Å². The maximum atomic E-state index is 13.2. The van der Waals surface area contributed by atoms with Crippen molar-refractivity contribution in [2.75, 3.05) is 5.73 Å². The molecule has 6 heteroatoms. The molecule has 102 valence electrons. The molecule has 0 unspecified atom stereocenters. The molecule has 1 aromatic heterocycles. The van der Waals surface area contributed by atoms with Crippen LogP contribution in [0.1, 0.15) is 27.2 Å². The van der Waals surface area contributed by atoms with E-state index in [0.29, 0.717) is 12.4 Å². The number of anilines is 1. The number of nitrogens with zero attached hydrogens (tertiary/aromatic N) is 4. The summed E-state index contributed by atoms with van der Waals surface area (Å²) < 4.78 is 14.9. The van der Waals surface area contributed by atoms with Gasteiger partial charge in [-0.25, -0.2) is 9.07 Å². The summed E-state index contributed by atoms with van der Waals surface area (Å²) in [7, 11) is 0. The monoisotopic (exact) mass is 263 g/mol. The normalized spacial score (nSPS) is 11.8. The Bertz CT molecular complexity index is 571.